The summed E-state index contributed by atoms with van der Waals surface area (Å²) in [7, 11) is 2.16. The van der Waals surface area contributed by atoms with Crippen LogP contribution in [-0.4, -0.2) is 89.6 Å². The van der Waals surface area contributed by atoms with Crippen LogP contribution in [0.5, 0.6) is 0 Å². The predicted octanol–water partition coefficient (Wildman–Crippen LogP) is 2.11. The highest BCUT2D eigenvalue weighted by Crippen LogP contribution is 2.43. The van der Waals surface area contributed by atoms with Crippen LogP contribution in [0.15, 0.2) is 23.0 Å². The van der Waals surface area contributed by atoms with Crippen molar-refractivity contribution in [3.63, 3.8) is 0 Å². The Hall–Kier alpha value is -2.19. The zero-order valence-corrected chi connectivity index (χ0v) is 20.4. The van der Waals surface area contributed by atoms with Gasteiger partial charge in [-0.3, -0.25) is 19.3 Å². The molecule has 2 saturated heterocycles. The van der Waals surface area contributed by atoms with Gasteiger partial charge in [-0.05, 0) is 63.7 Å². The molecule has 0 radical (unpaired) electrons. The molecular weight excluding hydrogens is 420 g/mol. The van der Waals surface area contributed by atoms with Crippen LogP contribution in [-0.2, 0) is 9.59 Å². The summed E-state index contributed by atoms with van der Waals surface area (Å²) in [5.41, 5.74) is 1.27. The zero-order valence-electron chi connectivity index (χ0n) is 20.4. The van der Waals surface area contributed by atoms with E-state index in [1.807, 2.05) is 6.07 Å². The van der Waals surface area contributed by atoms with Gasteiger partial charge in [0.05, 0.1) is 6.54 Å². The molecule has 3 aliphatic rings. The fourth-order valence-corrected chi connectivity index (χ4v) is 5.67. The first-order chi connectivity index (χ1) is 15.8. The smallest absolute Gasteiger partial charge is 0.290 e. The van der Waals surface area contributed by atoms with Gasteiger partial charge in [-0.25, -0.2) is 0 Å². The predicted molar refractivity (Wildman–Crippen MR) is 128 cm³/mol. The molecule has 8 heteroatoms. The molecule has 2 bridgehead atoms. The zero-order chi connectivity index (χ0) is 24.0. The number of nitrogens with zero attached hydrogens (tertiary/aromatic N) is 4. The summed E-state index contributed by atoms with van der Waals surface area (Å²) >= 11 is 0. The van der Waals surface area contributed by atoms with Gasteiger partial charge in [-0.2, -0.15) is 0 Å². The van der Waals surface area contributed by atoms with Gasteiger partial charge in [0.1, 0.15) is 0 Å². The maximum absolute atomic E-state index is 13.2. The quantitative estimate of drug-likeness (QED) is 0.678. The van der Waals surface area contributed by atoms with Crippen molar-refractivity contribution in [3.8, 4) is 0 Å². The third kappa shape index (κ3) is 6.44. The second-order valence-corrected chi connectivity index (χ2v) is 10.2. The number of hydrogen-bond acceptors (Lipinski definition) is 5. The number of amides is 1. The van der Waals surface area contributed by atoms with Crippen molar-refractivity contribution in [2.45, 2.75) is 51.5 Å². The number of pyridine rings is 1. The SMILES string of the molecule is CC(C)CC[C@H]1[C@H]2C[C@H](CN(C(=O)CN3CCCN(C)CC3)C2)c2cccc(=O)n21.O=CO. The molecule has 3 aliphatic heterocycles. The summed E-state index contributed by atoms with van der Waals surface area (Å²) in [6.07, 6.45) is 4.36. The molecule has 1 aromatic heterocycles. The minimum Gasteiger partial charge on any atom is -0.483 e. The Bertz CT molecular complexity index is 855. The lowest BCUT2D eigenvalue weighted by Crippen LogP contribution is -2.53. The van der Waals surface area contributed by atoms with Crippen LogP contribution in [0.3, 0.4) is 0 Å². The van der Waals surface area contributed by atoms with E-state index < -0.39 is 0 Å². The lowest BCUT2D eigenvalue weighted by atomic mass is 9.76. The third-order valence-electron chi connectivity index (χ3n) is 7.36. The van der Waals surface area contributed by atoms with Crippen molar-refractivity contribution in [1.82, 2.24) is 19.3 Å². The van der Waals surface area contributed by atoms with E-state index in [1.54, 1.807) is 6.07 Å². The molecule has 1 N–H and O–H groups in total. The summed E-state index contributed by atoms with van der Waals surface area (Å²) in [4.78, 5) is 41.1. The Morgan fingerprint density at radius 2 is 1.94 bits per heavy atom. The first-order valence-electron chi connectivity index (χ1n) is 12.3. The Labute approximate surface area is 197 Å². The molecule has 4 heterocycles. The number of piperidine rings is 1. The van der Waals surface area contributed by atoms with E-state index in [0.717, 1.165) is 70.6 Å². The summed E-state index contributed by atoms with van der Waals surface area (Å²) in [5.74, 6) is 1.55. The monoisotopic (exact) mass is 460 g/mol. The molecule has 8 nitrogen and oxygen atoms in total. The highest BCUT2D eigenvalue weighted by Gasteiger charge is 2.41. The molecular formula is C25H40N4O4. The summed E-state index contributed by atoms with van der Waals surface area (Å²) < 4.78 is 2.08. The van der Waals surface area contributed by atoms with E-state index in [2.05, 4.69) is 46.2 Å². The van der Waals surface area contributed by atoms with Crippen molar-refractivity contribution in [2.24, 2.45) is 11.8 Å². The lowest BCUT2D eigenvalue weighted by Gasteiger charge is -2.47. The number of carbonyl (C=O) groups is 2. The topological polar surface area (TPSA) is 86.1 Å². The van der Waals surface area contributed by atoms with Crippen LogP contribution in [0.2, 0.25) is 0 Å². The van der Waals surface area contributed by atoms with Gasteiger partial charge < -0.3 is 19.5 Å². The van der Waals surface area contributed by atoms with E-state index in [4.69, 9.17) is 9.90 Å². The molecule has 1 amide bonds. The van der Waals surface area contributed by atoms with E-state index in [-0.39, 0.29) is 29.9 Å². The summed E-state index contributed by atoms with van der Waals surface area (Å²) in [6.45, 7) is 10.4. The maximum Gasteiger partial charge on any atom is 0.290 e. The summed E-state index contributed by atoms with van der Waals surface area (Å²) in [6, 6.07) is 5.92. The van der Waals surface area contributed by atoms with E-state index in [0.29, 0.717) is 18.4 Å². The standard InChI is InChI=1S/C24H38N4O2.CH2O2/c1-18(2)8-9-22-20-14-19(21-6-4-7-23(29)28(21)22)15-27(16-20)24(30)17-26-11-5-10-25(3)12-13-26;2-1-3/h4,6-7,18-20,22H,5,8-17H2,1-3H3;1H,(H,2,3)/t19-,20+,22+;/m1./s1. The normalized spacial score (nSPS) is 25.6. The van der Waals surface area contributed by atoms with Crippen molar-refractivity contribution in [1.29, 1.82) is 0 Å². The highest BCUT2D eigenvalue weighted by molar-refractivity contribution is 5.78. The molecule has 1 aromatic rings. The minimum atomic E-state index is -0.250. The molecule has 0 aromatic carbocycles. The average Bonchev–Trinajstić information content (AvgIpc) is 2.98. The van der Waals surface area contributed by atoms with E-state index >= 15 is 0 Å². The number of hydrogen-bond donors (Lipinski definition) is 1. The largest absolute Gasteiger partial charge is 0.483 e. The Balaban J connectivity index is 0.000000968. The third-order valence-corrected chi connectivity index (χ3v) is 7.36. The maximum atomic E-state index is 13.2. The lowest BCUT2D eigenvalue weighted by molar-refractivity contribution is -0.135. The number of aromatic nitrogens is 1. The molecule has 4 rings (SSSR count). The molecule has 33 heavy (non-hydrogen) atoms. The van der Waals surface area contributed by atoms with Gasteiger partial charge >= 0.3 is 0 Å². The van der Waals surface area contributed by atoms with Crippen LogP contribution in [0.25, 0.3) is 0 Å². The second-order valence-electron chi connectivity index (χ2n) is 10.2. The minimum absolute atomic E-state index is 0.129. The molecule has 0 spiro atoms. The van der Waals surface area contributed by atoms with Crippen LogP contribution in [0.4, 0.5) is 0 Å². The van der Waals surface area contributed by atoms with Gasteiger partial charge in [0.2, 0.25) is 5.91 Å². The van der Waals surface area contributed by atoms with Crippen molar-refractivity contribution < 1.29 is 14.7 Å². The molecule has 0 aliphatic carbocycles. The van der Waals surface area contributed by atoms with Crippen molar-refractivity contribution in [3.05, 3.63) is 34.2 Å². The summed E-state index contributed by atoms with van der Waals surface area (Å²) in [5, 5.41) is 6.89. The fraction of sp³-hybridized carbons (Fsp3) is 0.720. The molecule has 0 unspecified atom stereocenters. The first-order valence-corrected chi connectivity index (χ1v) is 12.3. The molecule has 0 saturated carbocycles. The van der Waals surface area contributed by atoms with Gasteiger partial charge in [0.15, 0.2) is 0 Å². The number of fused-ring (bicyclic) bond motifs is 4. The Morgan fingerprint density at radius 3 is 2.67 bits per heavy atom. The molecule has 3 atom stereocenters. The molecule has 184 valence electrons. The number of carbonyl (C=O) groups excluding carboxylic acids is 1. The first kappa shape index (κ1) is 25.4. The number of carboxylic acid groups (broad SMARTS) is 1. The van der Waals surface area contributed by atoms with Crippen molar-refractivity contribution >= 4 is 12.4 Å². The highest BCUT2D eigenvalue weighted by atomic mass is 16.3. The van der Waals surface area contributed by atoms with E-state index in [1.165, 1.54) is 0 Å². The van der Waals surface area contributed by atoms with Crippen LogP contribution < -0.4 is 5.56 Å². The van der Waals surface area contributed by atoms with Gasteiger partial charge in [0.25, 0.3) is 12.0 Å². The van der Waals surface area contributed by atoms with Crippen LogP contribution >= 0.6 is 0 Å². The van der Waals surface area contributed by atoms with Crippen LogP contribution in [0.1, 0.15) is 57.2 Å². The average molecular weight is 461 g/mol. The fourth-order valence-electron chi connectivity index (χ4n) is 5.67. The Morgan fingerprint density at radius 1 is 1.18 bits per heavy atom. The van der Waals surface area contributed by atoms with E-state index in [9.17, 15) is 9.59 Å². The van der Waals surface area contributed by atoms with Gasteiger partial charge in [-0.15, -0.1) is 0 Å². The number of likely N-dealkylation sites (N-methyl/N-ethyl adjacent to an activating group) is 1. The Kier molecular flexibility index (Phi) is 9.09. The number of rotatable bonds is 5. The van der Waals surface area contributed by atoms with Gasteiger partial charge in [-0.1, -0.05) is 19.9 Å². The van der Waals surface area contributed by atoms with Gasteiger partial charge in [0, 0.05) is 49.9 Å². The second kappa shape index (κ2) is 11.8. The molecule has 2 fully saturated rings. The number of likely N-dealkylation sites (tertiary alicyclic amines) is 1. The van der Waals surface area contributed by atoms with Crippen LogP contribution in [0, 0.1) is 11.8 Å². The van der Waals surface area contributed by atoms with Crippen molar-refractivity contribution in [2.75, 3.05) is 52.9 Å².